The summed E-state index contributed by atoms with van der Waals surface area (Å²) in [6.07, 6.45) is 3.40. The van der Waals surface area contributed by atoms with Gasteiger partial charge in [-0.05, 0) is 37.6 Å². The van der Waals surface area contributed by atoms with Crippen LogP contribution in [0, 0.1) is 6.92 Å². The van der Waals surface area contributed by atoms with E-state index in [-0.39, 0.29) is 17.6 Å². The molecule has 0 aromatic carbocycles. The van der Waals surface area contributed by atoms with E-state index in [0.29, 0.717) is 11.1 Å². The van der Waals surface area contributed by atoms with Crippen LogP contribution in [0.5, 0.6) is 0 Å². The largest absolute Gasteiger partial charge is 0.337 e. The average Bonchev–Trinajstić information content (AvgIpc) is 2.95. The number of aromatic nitrogens is 3. The molecule has 1 amide bonds. The van der Waals surface area contributed by atoms with E-state index in [1.807, 2.05) is 26.0 Å². The van der Waals surface area contributed by atoms with E-state index in [9.17, 15) is 13.6 Å². The smallest absolute Gasteiger partial charge is 0.333 e. The highest BCUT2D eigenvalue weighted by molar-refractivity contribution is 5.92. The number of carbonyl (C=O) groups is 1. The Morgan fingerprint density at radius 1 is 1.41 bits per heavy atom. The fraction of sp³-hybridized carbons (Fsp3) is 0.400. The first kappa shape index (κ1) is 16.1. The number of rotatable bonds is 5. The van der Waals surface area contributed by atoms with Crippen molar-refractivity contribution in [3.63, 3.8) is 0 Å². The molecule has 0 radical (unpaired) electrons. The molecule has 0 aliphatic heterocycles. The Labute approximate surface area is 127 Å². The third kappa shape index (κ3) is 3.66. The van der Waals surface area contributed by atoms with E-state index in [0.717, 1.165) is 17.5 Å². The van der Waals surface area contributed by atoms with Gasteiger partial charge in [-0.25, -0.2) is 4.68 Å². The molecule has 5 nitrogen and oxygen atoms in total. The summed E-state index contributed by atoms with van der Waals surface area (Å²) in [7, 11) is 1.63. The molecular formula is C15H18F2N4O. The zero-order valence-electron chi connectivity index (χ0n) is 12.7. The Morgan fingerprint density at radius 3 is 2.73 bits per heavy atom. The van der Waals surface area contributed by atoms with E-state index in [1.165, 1.54) is 11.0 Å². The van der Waals surface area contributed by atoms with Crippen LogP contribution in [0.15, 0.2) is 30.6 Å². The lowest BCUT2D eigenvalue weighted by atomic mass is 10.1. The first-order valence-corrected chi connectivity index (χ1v) is 6.90. The van der Waals surface area contributed by atoms with Gasteiger partial charge in [-0.1, -0.05) is 0 Å². The summed E-state index contributed by atoms with van der Waals surface area (Å²) >= 11 is 0. The maximum absolute atomic E-state index is 12.5. The van der Waals surface area contributed by atoms with Crippen molar-refractivity contribution in [1.82, 2.24) is 19.7 Å². The molecule has 2 heterocycles. The molecule has 0 aliphatic carbocycles. The number of likely N-dealkylation sites (N-methyl/N-ethyl adjacent to an activating group) is 1. The zero-order chi connectivity index (χ0) is 16.3. The first-order valence-electron chi connectivity index (χ1n) is 6.90. The van der Waals surface area contributed by atoms with Gasteiger partial charge in [0.15, 0.2) is 5.69 Å². The molecule has 2 aromatic heterocycles. The number of pyridine rings is 1. The molecule has 0 fully saturated rings. The number of hydrogen-bond donors (Lipinski definition) is 0. The van der Waals surface area contributed by atoms with Crippen molar-refractivity contribution in [2.45, 2.75) is 32.9 Å². The highest BCUT2D eigenvalue weighted by Crippen LogP contribution is 2.13. The number of aryl methyl sites for hydroxylation is 1. The van der Waals surface area contributed by atoms with Crippen LogP contribution in [0.2, 0.25) is 0 Å². The van der Waals surface area contributed by atoms with Gasteiger partial charge in [-0.15, -0.1) is 0 Å². The lowest BCUT2D eigenvalue weighted by Crippen LogP contribution is -2.37. The topological polar surface area (TPSA) is 51.0 Å². The van der Waals surface area contributed by atoms with Crippen LogP contribution in [0.4, 0.5) is 8.78 Å². The Hall–Kier alpha value is -2.31. The molecule has 22 heavy (non-hydrogen) atoms. The number of hydrogen-bond acceptors (Lipinski definition) is 3. The van der Waals surface area contributed by atoms with E-state index in [4.69, 9.17) is 0 Å². The van der Waals surface area contributed by atoms with Gasteiger partial charge in [-0.3, -0.25) is 9.78 Å². The molecule has 0 N–H and O–H groups in total. The van der Waals surface area contributed by atoms with Crippen LogP contribution in [-0.2, 0) is 6.42 Å². The summed E-state index contributed by atoms with van der Waals surface area (Å²) in [6, 6.07) is 5.03. The lowest BCUT2D eigenvalue weighted by molar-refractivity contribution is 0.0550. The summed E-state index contributed by atoms with van der Waals surface area (Å²) in [5.41, 5.74) is 1.99. The van der Waals surface area contributed by atoms with Gasteiger partial charge in [0.2, 0.25) is 0 Å². The Balaban J connectivity index is 2.05. The quantitative estimate of drug-likeness (QED) is 0.853. The maximum atomic E-state index is 12.5. The molecule has 0 saturated carbocycles. The molecule has 0 saturated heterocycles. The van der Waals surface area contributed by atoms with Gasteiger partial charge in [0, 0.05) is 37.6 Å². The maximum Gasteiger partial charge on any atom is 0.333 e. The third-order valence-electron chi connectivity index (χ3n) is 3.49. The molecule has 0 unspecified atom stereocenters. The van der Waals surface area contributed by atoms with Crippen molar-refractivity contribution in [3.8, 4) is 0 Å². The van der Waals surface area contributed by atoms with Crippen LogP contribution >= 0.6 is 0 Å². The molecule has 2 aromatic rings. The number of halogens is 2. The van der Waals surface area contributed by atoms with Crippen molar-refractivity contribution in [2.24, 2.45) is 0 Å². The second kappa shape index (κ2) is 6.64. The first-order chi connectivity index (χ1) is 10.4. The molecule has 1 atom stereocenters. The molecule has 0 aliphatic rings. The number of carbonyl (C=O) groups excluding carboxylic acids is 1. The van der Waals surface area contributed by atoms with Gasteiger partial charge in [-0.2, -0.15) is 13.9 Å². The molecule has 2 rings (SSSR count). The summed E-state index contributed by atoms with van der Waals surface area (Å²) in [6.45, 7) is 1.11. The highest BCUT2D eigenvalue weighted by atomic mass is 19.3. The van der Waals surface area contributed by atoms with Crippen LogP contribution < -0.4 is 0 Å². The standard InChI is InChI=1S/C15H18F2N4O/c1-10-4-6-18-12(8-10)9-11(2)20(3)14(22)13-5-7-21(19-13)15(16)17/h4-8,11,15H,9H2,1-3H3/t11-/m0/s1. The normalized spacial score (nSPS) is 12.5. The van der Waals surface area contributed by atoms with E-state index in [2.05, 4.69) is 10.1 Å². The molecule has 118 valence electrons. The van der Waals surface area contributed by atoms with Crippen LogP contribution in [0.3, 0.4) is 0 Å². The Bertz CT molecular complexity index is 656. The van der Waals surface area contributed by atoms with Gasteiger partial charge in [0.05, 0.1) is 0 Å². The lowest BCUT2D eigenvalue weighted by Gasteiger charge is -2.24. The third-order valence-corrected chi connectivity index (χ3v) is 3.49. The van der Waals surface area contributed by atoms with Gasteiger partial charge in [0.1, 0.15) is 0 Å². The summed E-state index contributed by atoms with van der Waals surface area (Å²) in [5.74, 6) is -0.389. The highest BCUT2D eigenvalue weighted by Gasteiger charge is 2.21. The van der Waals surface area contributed by atoms with Crippen molar-refractivity contribution in [2.75, 3.05) is 7.05 Å². The summed E-state index contributed by atoms with van der Waals surface area (Å²) < 4.78 is 25.5. The molecular weight excluding hydrogens is 290 g/mol. The second-order valence-corrected chi connectivity index (χ2v) is 5.25. The van der Waals surface area contributed by atoms with Crippen molar-refractivity contribution >= 4 is 5.91 Å². The predicted octanol–water partition coefficient (Wildman–Crippen LogP) is 2.68. The fourth-order valence-corrected chi connectivity index (χ4v) is 2.09. The van der Waals surface area contributed by atoms with Gasteiger partial charge in [0.25, 0.3) is 5.91 Å². The van der Waals surface area contributed by atoms with E-state index < -0.39 is 6.55 Å². The Morgan fingerprint density at radius 2 is 2.14 bits per heavy atom. The Kier molecular flexibility index (Phi) is 4.85. The van der Waals surface area contributed by atoms with E-state index in [1.54, 1.807) is 13.2 Å². The predicted molar refractivity (Wildman–Crippen MR) is 77.7 cm³/mol. The minimum absolute atomic E-state index is 0.00634. The van der Waals surface area contributed by atoms with Crippen molar-refractivity contribution in [1.29, 1.82) is 0 Å². The average molecular weight is 308 g/mol. The van der Waals surface area contributed by atoms with Crippen molar-refractivity contribution in [3.05, 3.63) is 47.5 Å². The van der Waals surface area contributed by atoms with Crippen LogP contribution in [-0.4, -0.2) is 38.7 Å². The fourth-order valence-electron chi connectivity index (χ4n) is 2.09. The molecule has 0 bridgehead atoms. The second-order valence-electron chi connectivity index (χ2n) is 5.25. The minimum atomic E-state index is -2.75. The molecule has 7 heteroatoms. The van der Waals surface area contributed by atoms with Crippen LogP contribution in [0.25, 0.3) is 0 Å². The number of nitrogens with zero attached hydrogens (tertiary/aromatic N) is 4. The molecule has 0 spiro atoms. The van der Waals surface area contributed by atoms with Crippen LogP contribution in [0.1, 0.15) is 35.2 Å². The SMILES string of the molecule is Cc1ccnc(C[C@H](C)N(C)C(=O)c2ccn(C(F)F)n2)c1. The van der Waals surface area contributed by atoms with E-state index >= 15 is 0 Å². The monoisotopic (exact) mass is 308 g/mol. The summed E-state index contributed by atoms with van der Waals surface area (Å²) in [4.78, 5) is 18.0. The van der Waals surface area contributed by atoms with Crippen molar-refractivity contribution < 1.29 is 13.6 Å². The van der Waals surface area contributed by atoms with Gasteiger partial charge >= 0.3 is 6.55 Å². The zero-order valence-corrected chi connectivity index (χ0v) is 12.7. The van der Waals surface area contributed by atoms with Gasteiger partial charge < -0.3 is 4.90 Å². The summed E-state index contributed by atoms with van der Waals surface area (Å²) in [5, 5.41) is 3.59. The number of alkyl halides is 2. The number of amides is 1. The minimum Gasteiger partial charge on any atom is -0.337 e.